The van der Waals surface area contributed by atoms with Gasteiger partial charge in [0.2, 0.25) is 0 Å². The number of rotatable bonds is 6. The molecular weight excluding hydrogens is 258 g/mol. The molecule has 1 atom stereocenters. The van der Waals surface area contributed by atoms with E-state index in [-0.39, 0.29) is 5.41 Å². The van der Waals surface area contributed by atoms with Crippen molar-refractivity contribution in [1.82, 2.24) is 10.3 Å². The second kappa shape index (κ2) is 7.26. The molecule has 0 saturated heterocycles. The fraction of sp³-hybridized carbons (Fsp3) is 0.722. The third-order valence-electron chi connectivity index (χ3n) is 4.26. The van der Waals surface area contributed by atoms with Crippen molar-refractivity contribution in [1.29, 1.82) is 0 Å². The van der Waals surface area contributed by atoms with E-state index in [4.69, 9.17) is 4.98 Å². The molecule has 0 aliphatic heterocycles. The molecule has 3 nitrogen and oxygen atoms in total. The zero-order chi connectivity index (χ0) is 16.2. The molecule has 1 aromatic heterocycles. The molecule has 1 heterocycles. The first-order chi connectivity index (χ1) is 9.66. The quantitative estimate of drug-likeness (QED) is 0.852. The Labute approximate surface area is 131 Å². The molecule has 1 N–H and O–H groups in total. The Balaban J connectivity index is 3.12. The van der Waals surface area contributed by atoms with Crippen LogP contribution in [-0.4, -0.2) is 24.6 Å². The number of nitrogens with zero attached hydrogens (tertiary/aromatic N) is 2. The summed E-state index contributed by atoms with van der Waals surface area (Å²) in [5.74, 6) is 1.53. The molecule has 21 heavy (non-hydrogen) atoms. The molecule has 0 bridgehead atoms. The van der Waals surface area contributed by atoms with E-state index in [9.17, 15) is 0 Å². The third kappa shape index (κ3) is 4.99. The van der Waals surface area contributed by atoms with E-state index in [1.165, 1.54) is 11.3 Å². The van der Waals surface area contributed by atoms with Crippen molar-refractivity contribution in [3.05, 3.63) is 23.4 Å². The number of hydrogen-bond donors (Lipinski definition) is 1. The summed E-state index contributed by atoms with van der Waals surface area (Å²) in [5, 5.41) is 3.41. The minimum absolute atomic E-state index is 0.228. The minimum Gasteiger partial charge on any atom is -0.356 e. The number of hydrogen-bond acceptors (Lipinski definition) is 3. The van der Waals surface area contributed by atoms with Crippen molar-refractivity contribution in [3.63, 3.8) is 0 Å². The normalized spacial score (nSPS) is 13.6. The van der Waals surface area contributed by atoms with E-state index in [2.05, 4.69) is 77.9 Å². The number of pyridine rings is 1. The third-order valence-corrected chi connectivity index (χ3v) is 4.26. The van der Waals surface area contributed by atoms with Gasteiger partial charge in [0.25, 0.3) is 0 Å². The van der Waals surface area contributed by atoms with Crippen LogP contribution < -0.4 is 10.2 Å². The zero-order valence-electron chi connectivity index (χ0n) is 15.1. The Morgan fingerprint density at radius 3 is 2.29 bits per heavy atom. The molecule has 0 spiro atoms. The molecule has 0 aromatic carbocycles. The first-order valence-corrected chi connectivity index (χ1v) is 8.11. The van der Waals surface area contributed by atoms with Crippen molar-refractivity contribution in [2.24, 2.45) is 5.41 Å². The van der Waals surface area contributed by atoms with Crippen LogP contribution in [0.5, 0.6) is 0 Å². The van der Waals surface area contributed by atoms with Gasteiger partial charge in [0, 0.05) is 25.3 Å². The van der Waals surface area contributed by atoms with E-state index in [0.717, 1.165) is 18.9 Å². The van der Waals surface area contributed by atoms with Gasteiger partial charge in [-0.15, -0.1) is 0 Å². The van der Waals surface area contributed by atoms with Crippen LogP contribution in [0.15, 0.2) is 12.1 Å². The molecule has 0 radical (unpaired) electrons. The Morgan fingerprint density at radius 1 is 1.19 bits per heavy atom. The lowest BCUT2D eigenvalue weighted by molar-refractivity contribution is 0.328. The van der Waals surface area contributed by atoms with Crippen molar-refractivity contribution in [2.75, 3.05) is 18.5 Å². The van der Waals surface area contributed by atoms with Crippen LogP contribution in [-0.2, 0) is 6.54 Å². The number of nitrogens with one attached hydrogen (secondary N) is 1. The predicted molar refractivity (Wildman–Crippen MR) is 93.0 cm³/mol. The van der Waals surface area contributed by atoms with Crippen LogP contribution in [0.4, 0.5) is 5.82 Å². The van der Waals surface area contributed by atoms with Crippen molar-refractivity contribution >= 4 is 5.82 Å². The summed E-state index contributed by atoms with van der Waals surface area (Å²) in [6, 6.07) is 4.88. The summed E-state index contributed by atoms with van der Waals surface area (Å²) >= 11 is 0. The molecule has 1 unspecified atom stereocenters. The van der Waals surface area contributed by atoms with E-state index >= 15 is 0 Å². The molecule has 3 heteroatoms. The molecule has 0 aliphatic rings. The molecule has 1 aromatic rings. The number of anilines is 1. The van der Waals surface area contributed by atoms with E-state index < -0.39 is 0 Å². The highest BCUT2D eigenvalue weighted by molar-refractivity contribution is 5.44. The monoisotopic (exact) mass is 291 g/mol. The van der Waals surface area contributed by atoms with Crippen LogP contribution >= 0.6 is 0 Å². The van der Waals surface area contributed by atoms with Crippen molar-refractivity contribution in [2.45, 2.75) is 67.0 Å². The van der Waals surface area contributed by atoms with Gasteiger partial charge in [-0.2, -0.15) is 0 Å². The van der Waals surface area contributed by atoms with Gasteiger partial charge < -0.3 is 10.2 Å². The summed E-state index contributed by atoms with van der Waals surface area (Å²) < 4.78 is 0. The Morgan fingerprint density at radius 2 is 1.81 bits per heavy atom. The average Bonchev–Trinajstić information content (AvgIpc) is 2.42. The summed E-state index contributed by atoms with van der Waals surface area (Å²) in [5.41, 5.74) is 2.72. The van der Waals surface area contributed by atoms with Crippen LogP contribution in [0.25, 0.3) is 0 Å². The Kier molecular flexibility index (Phi) is 6.21. The second-order valence-electron chi connectivity index (χ2n) is 7.35. The van der Waals surface area contributed by atoms with Crippen molar-refractivity contribution < 1.29 is 0 Å². The summed E-state index contributed by atoms with van der Waals surface area (Å²) in [6.45, 7) is 17.5. The summed E-state index contributed by atoms with van der Waals surface area (Å²) in [6.07, 6.45) is 0. The van der Waals surface area contributed by atoms with Crippen LogP contribution in [0.3, 0.4) is 0 Å². The van der Waals surface area contributed by atoms with E-state index in [1.807, 2.05) is 0 Å². The second-order valence-corrected chi connectivity index (χ2v) is 7.35. The van der Waals surface area contributed by atoms with E-state index in [0.29, 0.717) is 12.0 Å². The zero-order valence-corrected chi connectivity index (χ0v) is 15.1. The molecule has 0 saturated carbocycles. The SMILES string of the molecule is CCNCc1cc(C(C)C)nc(N(C)C(C)C(C)(C)C)c1. The lowest BCUT2D eigenvalue weighted by atomic mass is 9.87. The largest absolute Gasteiger partial charge is 0.356 e. The van der Waals surface area contributed by atoms with Gasteiger partial charge in [0.05, 0.1) is 0 Å². The number of aromatic nitrogens is 1. The van der Waals surface area contributed by atoms with Crippen LogP contribution in [0, 0.1) is 5.41 Å². The highest BCUT2D eigenvalue weighted by atomic mass is 15.2. The first kappa shape index (κ1) is 18.0. The Bertz CT molecular complexity index is 446. The van der Waals surface area contributed by atoms with Gasteiger partial charge in [0.1, 0.15) is 5.82 Å². The fourth-order valence-corrected chi connectivity index (χ4v) is 2.22. The maximum Gasteiger partial charge on any atom is 0.129 e. The first-order valence-electron chi connectivity index (χ1n) is 8.11. The molecule has 120 valence electrons. The van der Waals surface area contributed by atoms with E-state index in [1.54, 1.807) is 0 Å². The van der Waals surface area contributed by atoms with Gasteiger partial charge in [-0.3, -0.25) is 0 Å². The van der Waals surface area contributed by atoms with Gasteiger partial charge in [-0.1, -0.05) is 41.5 Å². The average molecular weight is 291 g/mol. The predicted octanol–water partition coefficient (Wildman–Crippen LogP) is 4.19. The Hall–Kier alpha value is -1.09. The lowest BCUT2D eigenvalue weighted by Crippen LogP contribution is -2.40. The standard InChI is InChI=1S/C18H33N3/c1-9-19-12-15-10-16(13(2)3)20-17(11-15)21(8)14(4)18(5,6)7/h10-11,13-14,19H,9,12H2,1-8H3. The fourth-order valence-electron chi connectivity index (χ4n) is 2.22. The highest BCUT2D eigenvalue weighted by Gasteiger charge is 2.25. The van der Waals surface area contributed by atoms with Gasteiger partial charge in [-0.05, 0) is 42.5 Å². The van der Waals surface area contributed by atoms with Gasteiger partial charge in [-0.25, -0.2) is 4.98 Å². The van der Waals surface area contributed by atoms with Crippen LogP contribution in [0.2, 0.25) is 0 Å². The molecule has 1 rings (SSSR count). The maximum absolute atomic E-state index is 4.87. The van der Waals surface area contributed by atoms with Crippen molar-refractivity contribution in [3.8, 4) is 0 Å². The molecule has 0 aliphatic carbocycles. The lowest BCUT2D eigenvalue weighted by Gasteiger charge is -2.36. The maximum atomic E-state index is 4.87. The topological polar surface area (TPSA) is 28.2 Å². The highest BCUT2D eigenvalue weighted by Crippen LogP contribution is 2.28. The molecule has 0 amide bonds. The summed E-state index contributed by atoms with van der Waals surface area (Å²) in [7, 11) is 2.15. The summed E-state index contributed by atoms with van der Waals surface area (Å²) in [4.78, 5) is 7.18. The molecule has 0 fully saturated rings. The van der Waals surface area contributed by atoms with Gasteiger partial charge in [0.15, 0.2) is 0 Å². The molecular formula is C18H33N3. The minimum atomic E-state index is 0.228. The van der Waals surface area contributed by atoms with Crippen LogP contribution in [0.1, 0.15) is 65.6 Å². The smallest absolute Gasteiger partial charge is 0.129 e. The van der Waals surface area contributed by atoms with Gasteiger partial charge >= 0.3 is 0 Å².